The van der Waals surface area contributed by atoms with E-state index in [1.807, 2.05) is 18.2 Å². The van der Waals surface area contributed by atoms with Crippen LogP contribution in [0.2, 0.25) is 18.1 Å². The van der Waals surface area contributed by atoms with Crippen LogP contribution < -0.4 is 29.5 Å². The standard InChI is InChI=1S/C28H35NO5Si/c1-28(2,3)35(7,8)23-14-12-20(13-15-23)34-21-11-9-10-19(16-21)27(30)29-26-24(32-5)17-22(31-4)18-25(26)33-6/h9-18H,1-8H3,(H,29,30). The number of carbonyl (C=O) groups excluding carboxylic acids is 1. The van der Waals surface area contributed by atoms with Crippen molar-refractivity contribution in [1.82, 2.24) is 0 Å². The van der Waals surface area contributed by atoms with Crippen molar-refractivity contribution in [3.63, 3.8) is 0 Å². The van der Waals surface area contributed by atoms with Gasteiger partial charge in [-0.1, -0.05) is 57.3 Å². The molecular weight excluding hydrogens is 458 g/mol. The van der Waals surface area contributed by atoms with Gasteiger partial charge in [0.15, 0.2) is 0 Å². The van der Waals surface area contributed by atoms with Crippen molar-refractivity contribution in [3.05, 3.63) is 66.2 Å². The van der Waals surface area contributed by atoms with E-state index in [-0.39, 0.29) is 10.9 Å². The van der Waals surface area contributed by atoms with E-state index >= 15 is 0 Å². The predicted molar refractivity (Wildman–Crippen MR) is 144 cm³/mol. The van der Waals surface area contributed by atoms with Crippen LogP contribution in [-0.4, -0.2) is 35.3 Å². The molecule has 0 heterocycles. The van der Waals surface area contributed by atoms with Crippen LogP contribution in [0.1, 0.15) is 31.1 Å². The van der Waals surface area contributed by atoms with Crippen LogP contribution in [0.3, 0.4) is 0 Å². The van der Waals surface area contributed by atoms with E-state index in [0.717, 1.165) is 5.75 Å². The van der Waals surface area contributed by atoms with Crippen molar-refractivity contribution >= 4 is 24.9 Å². The second kappa shape index (κ2) is 10.4. The van der Waals surface area contributed by atoms with E-state index in [1.54, 1.807) is 37.4 Å². The molecule has 1 N–H and O–H groups in total. The Morgan fingerprint density at radius 2 is 1.37 bits per heavy atom. The zero-order valence-corrected chi connectivity index (χ0v) is 22.8. The molecule has 0 atom stereocenters. The van der Waals surface area contributed by atoms with Gasteiger partial charge in [-0.05, 0) is 35.4 Å². The Labute approximate surface area is 209 Å². The minimum Gasteiger partial charge on any atom is -0.496 e. The molecule has 0 saturated carbocycles. The Balaban J connectivity index is 1.80. The fraction of sp³-hybridized carbons (Fsp3) is 0.321. The third-order valence-electron chi connectivity index (χ3n) is 6.74. The molecule has 0 aromatic heterocycles. The highest BCUT2D eigenvalue weighted by Crippen LogP contribution is 2.39. The highest BCUT2D eigenvalue weighted by molar-refractivity contribution is 6.92. The first-order valence-electron chi connectivity index (χ1n) is 11.5. The molecule has 3 aromatic rings. The first-order valence-corrected chi connectivity index (χ1v) is 14.5. The number of rotatable bonds is 8. The highest BCUT2D eigenvalue weighted by atomic mass is 28.3. The average Bonchev–Trinajstić information content (AvgIpc) is 2.83. The van der Waals surface area contributed by atoms with Gasteiger partial charge >= 0.3 is 0 Å². The second-order valence-electron chi connectivity index (χ2n) is 9.89. The summed E-state index contributed by atoms with van der Waals surface area (Å²) in [6.45, 7) is 11.7. The Hall–Kier alpha value is -3.45. The summed E-state index contributed by atoms with van der Waals surface area (Å²) in [5.41, 5.74) is 0.869. The largest absolute Gasteiger partial charge is 0.496 e. The van der Waals surface area contributed by atoms with Crippen LogP contribution in [0.4, 0.5) is 5.69 Å². The van der Waals surface area contributed by atoms with Gasteiger partial charge < -0.3 is 24.3 Å². The van der Waals surface area contributed by atoms with Crippen molar-refractivity contribution in [2.24, 2.45) is 0 Å². The summed E-state index contributed by atoms with van der Waals surface area (Å²) >= 11 is 0. The summed E-state index contributed by atoms with van der Waals surface area (Å²) in [6, 6.07) is 18.7. The topological polar surface area (TPSA) is 66.0 Å². The molecule has 7 heteroatoms. The van der Waals surface area contributed by atoms with Gasteiger partial charge in [0.05, 0.1) is 29.4 Å². The number of benzene rings is 3. The fourth-order valence-corrected chi connectivity index (χ4v) is 5.39. The Bertz CT molecular complexity index is 1160. The zero-order valence-electron chi connectivity index (χ0n) is 21.8. The van der Waals surface area contributed by atoms with Crippen molar-refractivity contribution in [2.45, 2.75) is 38.9 Å². The number of ether oxygens (including phenoxy) is 4. The summed E-state index contributed by atoms with van der Waals surface area (Å²) in [7, 11) is 2.98. The van der Waals surface area contributed by atoms with E-state index in [2.05, 4.69) is 51.3 Å². The van der Waals surface area contributed by atoms with E-state index < -0.39 is 8.07 Å². The molecule has 0 aliphatic carbocycles. The van der Waals surface area contributed by atoms with Crippen molar-refractivity contribution in [2.75, 3.05) is 26.6 Å². The molecule has 0 fully saturated rings. The van der Waals surface area contributed by atoms with Crippen molar-refractivity contribution in [3.8, 4) is 28.7 Å². The lowest BCUT2D eigenvalue weighted by atomic mass is 10.2. The summed E-state index contributed by atoms with van der Waals surface area (Å²) in [5, 5.41) is 4.52. The SMILES string of the molecule is COc1cc(OC)c(NC(=O)c2cccc(Oc3ccc([Si](C)(C)C(C)(C)C)cc3)c2)c(OC)c1. The zero-order chi connectivity index (χ0) is 25.8. The molecule has 0 saturated heterocycles. The van der Waals surface area contributed by atoms with E-state index in [4.69, 9.17) is 18.9 Å². The fourth-order valence-electron chi connectivity index (χ4n) is 3.52. The van der Waals surface area contributed by atoms with Gasteiger partial charge in [0.2, 0.25) is 0 Å². The maximum atomic E-state index is 13.1. The molecule has 0 radical (unpaired) electrons. The van der Waals surface area contributed by atoms with Crippen LogP contribution in [0.15, 0.2) is 60.7 Å². The summed E-state index contributed by atoms with van der Waals surface area (Å²) in [6.07, 6.45) is 0. The van der Waals surface area contributed by atoms with Gasteiger partial charge in [0.1, 0.15) is 34.4 Å². The number of hydrogen-bond acceptors (Lipinski definition) is 5. The third-order valence-corrected chi connectivity index (χ3v) is 12.3. The molecule has 0 aliphatic heterocycles. The van der Waals surface area contributed by atoms with Gasteiger partial charge in [-0.3, -0.25) is 4.79 Å². The summed E-state index contributed by atoms with van der Waals surface area (Å²) < 4.78 is 22.2. The normalized spacial score (nSPS) is 11.5. The monoisotopic (exact) mass is 493 g/mol. The highest BCUT2D eigenvalue weighted by Gasteiger charge is 2.36. The predicted octanol–water partition coefficient (Wildman–Crippen LogP) is 6.47. The molecule has 0 unspecified atom stereocenters. The first-order chi connectivity index (χ1) is 16.5. The minimum atomic E-state index is -1.62. The lowest BCUT2D eigenvalue weighted by molar-refractivity contribution is 0.102. The van der Waals surface area contributed by atoms with E-state index in [1.165, 1.54) is 19.4 Å². The Morgan fingerprint density at radius 1 is 0.771 bits per heavy atom. The Kier molecular flexibility index (Phi) is 7.80. The molecule has 0 bridgehead atoms. The second-order valence-corrected chi connectivity index (χ2v) is 15.2. The van der Waals surface area contributed by atoms with Gasteiger partial charge in [-0.15, -0.1) is 0 Å². The number of anilines is 1. The van der Waals surface area contributed by atoms with Gasteiger partial charge in [-0.25, -0.2) is 0 Å². The average molecular weight is 494 g/mol. The molecule has 186 valence electrons. The maximum absolute atomic E-state index is 13.1. The molecule has 1 amide bonds. The maximum Gasteiger partial charge on any atom is 0.256 e. The first kappa shape index (κ1) is 26.2. The van der Waals surface area contributed by atoms with E-state index in [9.17, 15) is 4.79 Å². The van der Waals surface area contributed by atoms with Crippen molar-refractivity contribution < 1.29 is 23.7 Å². The molecule has 6 nitrogen and oxygen atoms in total. The number of carbonyl (C=O) groups is 1. The third kappa shape index (κ3) is 5.79. The molecule has 0 spiro atoms. The number of nitrogens with one attached hydrogen (secondary N) is 1. The van der Waals surface area contributed by atoms with Gasteiger partial charge in [0.25, 0.3) is 5.91 Å². The smallest absolute Gasteiger partial charge is 0.256 e. The van der Waals surface area contributed by atoms with Crippen LogP contribution in [0, 0.1) is 0 Å². The van der Waals surface area contributed by atoms with Crippen LogP contribution >= 0.6 is 0 Å². The lowest BCUT2D eigenvalue weighted by Crippen LogP contribution is -2.49. The van der Waals surface area contributed by atoms with Gasteiger partial charge in [-0.2, -0.15) is 0 Å². The molecule has 0 aliphatic rings. The summed E-state index contributed by atoms with van der Waals surface area (Å²) in [5.74, 6) is 2.42. The van der Waals surface area contributed by atoms with Crippen LogP contribution in [-0.2, 0) is 0 Å². The van der Waals surface area contributed by atoms with Crippen LogP contribution in [0.5, 0.6) is 28.7 Å². The Morgan fingerprint density at radius 3 is 1.89 bits per heavy atom. The van der Waals surface area contributed by atoms with Gasteiger partial charge in [0, 0.05) is 17.7 Å². The molecule has 3 rings (SSSR count). The number of methoxy groups -OCH3 is 3. The molecule has 35 heavy (non-hydrogen) atoms. The molecule has 3 aromatic carbocycles. The molecular formula is C28H35NO5Si. The van der Waals surface area contributed by atoms with Crippen LogP contribution in [0.25, 0.3) is 0 Å². The summed E-state index contributed by atoms with van der Waals surface area (Å²) in [4.78, 5) is 13.1. The number of hydrogen-bond donors (Lipinski definition) is 1. The lowest BCUT2D eigenvalue weighted by Gasteiger charge is -2.37. The minimum absolute atomic E-state index is 0.256. The number of amides is 1. The quantitative estimate of drug-likeness (QED) is 0.364. The van der Waals surface area contributed by atoms with Crippen molar-refractivity contribution in [1.29, 1.82) is 0 Å². The van der Waals surface area contributed by atoms with E-state index in [0.29, 0.717) is 34.2 Å².